The molecule has 3 saturated heterocycles. The van der Waals surface area contributed by atoms with Crippen molar-refractivity contribution in [3.63, 3.8) is 0 Å². The molecule has 11 atom stereocenters. The zero-order valence-electron chi connectivity index (χ0n) is 24.4. The van der Waals surface area contributed by atoms with Crippen molar-refractivity contribution < 1.29 is 64.2 Å². The largest absolute Gasteiger partial charge is 0.393 e. The van der Waals surface area contributed by atoms with Gasteiger partial charge >= 0.3 is 0 Å². The van der Waals surface area contributed by atoms with Crippen LogP contribution in [-0.2, 0) is 28.4 Å². The monoisotopic (exact) mass is 562 g/mol. The van der Waals surface area contributed by atoms with E-state index in [1.54, 1.807) is 21.1 Å². The van der Waals surface area contributed by atoms with E-state index in [4.69, 9.17) is 23.7 Å². The molecule has 0 bridgehead atoms. The van der Waals surface area contributed by atoms with E-state index >= 15 is 0 Å². The molecule has 0 unspecified atom stereocenters. The van der Waals surface area contributed by atoms with E-state index in [1.807, 2.05) is 41.5 Å². The topological polar surface area (TPSA) is 197 Å². The van der Waals surface area contributed by atoms with Gasteiger partial charge in [0, 0.05) is 20.6 Å². The number of hydrogen-bond donors (Lipinski definition) is 7. The normalized spacial score (nSPS) is 40.4. The van der Waals surface area contributed by atoms with Gasteiger partial charge in [-0.15, -0.1) is 0 Å². The van der Waals surface area contributed by atoms with Gasteiger partial charge in [-0.1, -0.05) is 41.5 Å². The van der Waals surface area contributed by atoms with Gasteiger partial charge in [-0.25, -0.2) is 0 Å². The lowest BCUT2D eigenvalue weighted by atomic mass is 9.93. The van der Waals surface area contributed by atoms with Crippen molar-refractivity contribution in [2.45, 2.75) is 122 Å². The van der Waals surface area contributed by atoms with Gasteiger partial charge in [-0.05, 0) is 6.92 Å². The fraction of sp³-hybridized carbons (Fsp3) is 1.00. The molecule has 0 spiro atoms. The Morgan fingerprint density at radius 3 is 1.79 bits per heavy atom. The summed E-state index contributed by atoms with van der Waals surface area (Å²) in [4.78, 5) is 0. The molecule has 13 heteroatoms. The SMILES string of the molecule is CC.CC.CC.COC.C[C@@H]1OC[C@H](O)[C@H](O)[C@H]1O[C@@H]1OC[C@@H](O)[C@H](O[C@H]2C[C@H](O)[C@@](O)(CO)CO2)[C@H]1O. The molecule has 3 aliphatic rings. The molecule has 0 aromatic rings. The second-order valence-corrected chi connectivity index (χ2v) is 8.22. The van der Waals surface area contributed by atoms with Crippen molar-refractivity contribution in [2.75, 3.05) is 40.6 Å². The van der Waals surface area contributed by atoms with Crippen LogP contribution in [0, 0.1) is 0 Å². The number of ether oxygens (including phenoxy) is 6. The number of rotatable bonds is 5. The third kappa shape index (κ3) is 11.5. The molecule has 0 aliphatic carbocycles. The quantitative estimate of drug-likeness (QED) is 0.219. The predicted octanol–water partition coefficient (Wildman–Crippen LogP) is -0.853. The van der Waals surface area contributed by atoms with Crippen molar-refractivity contribution in [1.29, 1.82) is 0 Å². The Morgan fingerprint density at radius 2 is 1.29 bits per heavy atom. The van der Waals surface area contributed by atoms with Gasteiger partial charge in [0.2, 0.25) is 0 Å². The number of aliphatic hydroxyl groups is 7. The standard InChI is InChI=1S/C17H30O12.C2H6O.3C2H6/c1-7-14(12(22)8(19)3-25-7)29-16-13(23)15(9(20)4-26-16)28-11-2-10(21)17(24,5-18)6-27-11;1-3-2;3*1-2/h7-16,18-24H,2-6H2,1H3;1-2H3;3*1-2H3/t7-,8-,9+,10-,11-,12-,13+,14-,15-,16-,17+;;;;/m0..../s1. The van der Waals surface area contributed by atoms with E-state index in [1.165, 1.54) is 0 Å². The number of hydrogen-bond acceptors (Lipinski definition) is 13. The Bertz CT molecular complexity index is 557. The molecular formula is C25H54O13. The number of methoxy groups -OCH3 is 1. The molecule has 0 aromatic heterocycles. The van der Waals surface area contributed by atoms with Crippen LogP contribution in [0.15, 0.2) is 0 Å². The summed E-state index contributed by atoms with van der Waals surface area (Å²) in [5, 5.41) is 69.8. The van der Waals surface area contributed by atoms with Crippen molar-refractivity contribution in [1.82, 2.24) is 0 Å². The maximum absolute atomic E-state index is 10.6. The minimum Gasteiger partial charge on any atom is -0.393 e. The first kappa shape index (κ1) is 39.6. The molecule has 7 N–H and O–H groups in total. The molecule has 232 valence electrons. The molecule has 0 aromatic carbocycles. The van der Waals surface area contributed by atoms with E-state index in [9.17, 15) is 35.7 Å². The lowest BCUT2D eigenvalue weighted by molar-refractivity contribution is -0.342. The first-order valence-corrected chi connectivity index (χ1v) is 13.4. The van der Waals surface area contributed by atoms with Crippen molar-refractivity contribution in [3.05, 3.63) is 0 Å². The minimum absolute atomic E-state index is 0.0533. The predicted molar refractivity (Wildman–Crippen MR) is 138 cm³/mol. The Labute approximate surface area is 227 Å². The Morgan fingerprint density at radius 1 is 0.763 bits per heavy atom. The summed E-state index contributed by atoms with van der Waals surface area (Å²) in [7, 11) is 3.25. The Kier molecular flexibility index (Phi) is 22.2. The first-order valence-electron chi connectivity index (χ1n) is 13.4. The van der Waals surface area contributed by atoms with Crippen LogP contribution in [0.4, 0.5) is 0 Å². The molecule has 13 nitrogen and oxygen atoms in total. The molecule has 3 aliphatic heterocycles. The van der Waals surface area contributed by atoms with Gasteiger partial charge in [0.05, 0.1) is 38.6 Å². The highest BCUT2D eigenvalue weighted by atomic mass is 16.7. The average molecular weight is 563 g/mol. The zero-order valence-corrected chi connectivity index (χ0v) is 24.4. The summed E-state index contributed by atoms with van der Waals surface area (Å²) in [5.74, 6) is 0. The molecule has 3 fully saturated rings. The van der Waals surface area contributed by atoms with Gasteiger partial charge in [-0.3, -0.25) is 0 Å². The Balaban J connectivity index is 0. The van der Waals surface area contributed by atoms with Gasteiger partial charge in [0.15, 0.2) is 12.6 Å². The van der Waals surface area contributed by atoms with Crippen LogP contribution in [0.1, 0.15) is 54.9 Å². The molecule has 38 heavy (non-hydrogen) atoms. The summed E-state index contributed by atoms with van der Waals surface area (Å²) in [6.45, 7) is 12.2. The molecule has 0 saturated carbocycles. The third-order valence-electron chi connectivity index (χ3n) is 5.58. The number of aliphatic hydroxyl groups excluding tert-OH is 6. The Hall–Kier alpha value is -0.520. The second kappa shape index (κ2) is 21.3. The minimum atomic E-state index is -1.81. The molecule has 3 heterocycles. The summed E-state index contributed by atoms with van der Waals surface area (Å²) in [6, 6.07) is 0. The second-order valence-electron chi connectivity index (χ2n) is 8.22. The fourth-order valence-corrected chi connectivity index (χ4v) is 3.57. The highest BCUT2D eigenvalue weighted by Gasteiger charge is 2.48. The van der Waals surface area contributed by atoms with Crippen molar-refractivity contribution >= 4 is 0 Å². The maximum atomic E-state index is 10.6. The first-order chi connectivity index (χ1) is 18.1. The van der Waals surface area contributed by atoms with Crippen molar-refractivity contribution in [3.8, 4) is 0 Å². The summed E-state index contributed by atoms with van der Waals surface area (Å²) >= 11 is 0. The van der Waals surface area contributed by atoms with Crippen molar-refractivity contribution in [2.24, 2.45) is 0 Å². The van der Waals surface area contributed by atoms with E-state index in [0.29, 0.717) is 0 Å². The van der Waals surface area contributed by atoms with E-state index in [-0.39, 0.29) is 19.6 Å². The van der Waals surface area contributed by atoms with Gasteiger partial charge < -0.3 is 64.2 Å². The van der Waals surface area contributed by atoms with E-state index in [0.717, 1.165) is 0 Å². The van der Waals surface area contributed by atoms with Crippen LogP contribution in [0.3, 0.4) is 0 Å². The lowest BCUT2D eigenvalue weighted by Gasteiger charge is -2.44. The maximum Gasteiger partial charge on any atom is 0.186 e. The van der Waals surface area contributed by atoms with Crippen LogP contribution in [0.25, 0.3) is 0 Å². The van der Waals surface area contributed by atoms with Crippen LogP contribution >= 0.6 is 0 Å². The highest BCUT2D eigenvalue weighted by Crippen LogP contribution is 2.29. The third-order valence-corrected chi connectivity index (χ3v) is 5.58. The summed E-state index contributed by atoms with van der Waals surface area (Å²) in [5.41, 5.74) is -1.81. The fourth-order valence-electron chi connectivity index (χ4n) is 3.57. The molecule has 0 radical (unpaired) electrons. The highest BCUT2D eigenvalue weighted by molar-refractivity contribution is 4.92. The van der Waals surface area contributed by atoms with Gasteiger partial charge in [0.1, 0.15) is 42.2 Å². The molecule has 0 amide bonds. The van der Waals surface area contributed by atoms with Crippen LogP contribution in [0.2, 0.25) is 0 Å². The van der Waals surface area contributed by atoms with E-state index < -0.39 is 80.2 Å². The van der Waals surface area contributed by atoms with Gasteiger partial charge in [-0.2, -0.15) is 0 Å². The molecule has 3 rings (SSSR count). The van der Waals surface area contributed by atoms with Crippen LogP contribution in [-0.4, -0.2) is 143 Å². The average Bonchev–Trinajstić information content (AvgIpc) is 2.93. The summed E-state index contributed by atoms with van der Waals surface area (Å²) < 4.78 is 31.4. The van der Waals surface area contributed by atoms with Crippen LogP contribution < -0.4 is 0 Å². The van der Waals surface area contributed by atoms with Gasteiger partial charge in [0.25, 0.3) is 0 Å². The summed E-state index contributed by atoms with van der Waals surface area (Å²) in [6.07, 6.45) is -11.8. The smallest absolute Gasteiger partial charge is 0.186 e. The molecular weight excluding hydrogens is 508 g/mol. The zero-order chi connectivity index (χ0) is 30.1. The van der Waals surface area contributed by atoms with E-state index in [2.05, 4.69) is 4.74 Å². The lowest BCUT2D eigenvalue weighted by Crippen LogP contribution is -2.61. The van der Waals surface area contributed by atoms with Crippen LogP contribution in [0.5, 0.6) is 0 Å².